The quantitative estimate of drug-likeness (QED) is 0.125. The summed E-state index contributed by atoms with van der Waals surface area (Å²) >= 11 is -1.88. The number of anilines is 1. The van der Waals surface area contributed by atoms with Gasteiger partial charge in [0.1, 0.15) is 5.57 Å². The summed E-state index contributed by atoms with van der Waals surface area (Å²) in [5.74, 6) is -0.728. The first kappa shape index (κ1) is 41.3. The Morgan fingerprint density at radius 3 is 1.86 bits per heavy atom. The molecule has 0 aromatic heterocycles. The van der Waals surface area contributed by atoms with Gasteiger partial charge in [0, 0.05) is 25.4 Å². The molecule has 2 aliphatic rings. The fourth-order valence-corrected chi connectivity index (χ4v) is 4.45. The van der Waals surface area contributed by atoms with E-state index in [0.717, 1.165) is 28.3 Å². The molecular weight excluding hydrogens is 683 g/mol. The molecule has 0 saturated carbocycles. The molecule has 13 nitrogen and oxygen atoms in total. The van der Waals surface area contributed by atoms with Crippen molar-refractivity contribution in [3.05, 3.63) is 60.0 Å². The van der Waals surface area contributed by atoms with Gasteiger partial charge in [-0.3, -0.25) is 19.4 Å². The predicted octanol–water partition coefficient (Wildman–Crippen LogP) is 0.178. The molecule has 0 radical (unpaired) electrons. The zero-order valence-electron chi connectivity index (χ0n) is 24.5. The Morgan fingerprint density at radius 2 is 1.35 bits per heavy atom. The maximum absolute atomic E-state index is 13.0. The van der Waals surface area contributed by atoms with Gasteiger partial charge in [-0.1, -0.05) is 51.0 Å². The van der Waals surface area contributed by atoms with Gasteiger partial charge in [-0.2, -0.15) is 0 Å². The number of fused-ring (bicyclic) bond motifs is 1. The number of imide groups is 2. The second kappa shape index (κ2) is 21.9. The standard InChI is InChI=1S/C26H33N3O7S.Na.3O.Ti.Zn/c1-3-5-16-28-24(30)20(25(31)29(26(28)32)17-6-4-2)12-7-10-15-23-27(18-11-19-37(33,34)35)21-13-8-9-14-22(21)36-23;;;;;;/h7-10,12-15H,3-6,11,16-19H2,1-2H3,(H,33,34,35);;;;;;/q;+1;;;;;/p-1/b10-7+,23-15-;;;;;;. The molecule has 2 heterocycles. The van der Waals surface area contributed by atoms with Gasteiger partial charge in [-0.05, 0) is 43.5 Å². The van der Waals surface area contributed by atoms with Crippen molar-refractivity contribution in [3.63, 3.8) is 0 Å². The van der Waals surface area contributed by atoms with Gasteiger partial charge < -0.3 is 14.2 Å². The van der Waals surface area contributed by atoms with Crippen LogP contribution < -0.4 is 39.2 Å². The molecule has 1 aromatic rings. The first-order valence-corrected chi connectivity index (χ1v) is 17.2. The average Bonchev–Trinajstić information content (AvgIpc) is 3.30. The summed E-state index contributed by atoms with van der Waals surface area (Å²) in [6.07, 6.45) is 9.13. The second-order valence-electron chi connectivity index (χ2n) is 8.79. The van der Waals surface area contributed by atoms with Crippen molar-refractivity contribution in [2.24, 2.45) is 0 Å². The molecule has 0 unspecified atom stereocenters. The van der Waals surface area contributed by atoms with Gasteiger partial charge in [-0.25, -0.2) is 13.2 Å². The number of unbranched alkanes of at least 4 members (excludes halogenated alkanes) is 2. The maximum atomic E-state index is 13.0. The van der Waals surface area contributed by atoms with Crippen LogP contribution in [0.4, 0.5) is 10.5 Å². The van der Waals surface area contributed by atoms with Gasteiger partial charge in [0.25, 0.3) is 11.8 Å². The minimum atomic E-state index is -4.33. The number of amides is 4. The third-order valence-corrected chi connectivity index (χ3v) is 6.70. The van der Waals surface area contributed by atoms with Crippen molar-refractivity contribution in [2.75, 3.05) is 30.3 Å². The number of allylic oxidation sites excluding steroid dienone is 4. The van der Waals surface area contributed by atoms with Crippen LogP contribution in [0, 0.1) is 0 Å². The molecule has 1 aromatic carbocycles. The SMILES string of the molecule is CCCCN1C(=O)C(=C/C=C/C=C2\Oc3ccccc3N2CCCS(=O)(=O)[O-])C(=O)N(CCCC)C1=O.[Na+].[O]=[Ti]=[O].[O]=[Zn]. The number of hydrogen-bond acceptors (Lipinski definition) is 11. The summed E-state index contributed by atoms with van der Waals surface area (Å²) < 4.78 is 64.3. The Hall–Kier alpha value is -1.70. The zero-order valence-corrected chi connectivity index (χ0v) is 31.9. The van der Waals surface area contributed by atoms with Gasteiger partial charge in [-0.15, -0.1) is 0 Å². The third-order valence-electron chi connectivity index (χ3n) is 5.91. The first-order valence-electron chi connectivity index (χ1n) is 13.1. The van der Waals surface area contributed by atoms with E-state index >= 15 is 0 Å². The normalized spacial score (nSPS) is 15.2. The molecule has 0 atom stereocenters. The Labute approximate surface area is 292 Å². The van der Waals surface area contributed by atoms with Crippen molar-refractivity contribution in [2.45, 2.75) is 46.0 Å². The first-order chi connectivity index (χ1) is 20.1. The van der Waals surface area contributed by atoms with Gasteiger partial charge >= 0.3 is 83.2 Å². The van der Waals surface area contributed by atoms with E-state index in [0.29, 0.717) is 24.5 Å². The number of ether oxygens (including phenoxy) is 1. The third kappa shape index (κ3) is 13.1. The molecule has 0 N–H and O–H groups in total. The van der Waals surface area contributed by atoms with Crippen LogP contribution in [0.15, 0.2) is 60.0 Å². The molecule has 2 aliphatic heterocycles. The van der Waals surface area contributed by atoms with E-state index in [-0.39, 0.29) is 79.4 Å². The van der Waals surface area contributed by atoms with Gasteiger partial charge in [0.2, 0.25) is 5.88 Å². The van der Waals surface area contributed by atoms with Crippen LogP contribution in [0.25, 0.3) is 0 Å². The summed E-state index contributed by atoms with van der Waals surface area (Å²) in [5.41, 5.74) is 0.646. The molecule has 0 bridgehead atoms. The van der Waals surface area contributed by atoms with Crippen LogP contribution in [0.1, 0.15) is 46.0 Å². The van der Waals surface area contributed by atoms with E-state index in [1.165, 1.54) is 12.2 Å². The van der Waals surface area contributed by atoms with Crippen molar-refractivity contribution in [3.8, 4) is 5.75 Å². The van der Waals surface area contributed by atoms with Crippen LogP contribution in [0.5, 0.6) is 5.75 Å². The monoisotopic (exact) mass is 713 g/mol. The minimum absolute atomic E-state index is 0. The molecule has 0 aliphatic carbocycles. The van der Waals surface area contributed by atoms with Crippen LogP contribution in [0.2, 0.25) is 0 Å². The predicted molar refractivity (Wildman–Crippen MR) is 140 cm³/mol. The summed E-state index contributed by atoms with van der Waals surface area (Å²) in [7, 11) is -4.33. The number of carbonyl (C=O) groups is 3. The van der Waals surface area contributed by atoms with E-state index in [2.05, 4.69) is 0 Å². The number of para-hydroxylation sites is 2. The summed E-state index contributed by atoms with van der Waals surface area (Å²) in [4.78, 5) is 42.7. The fraction of sp³-hybridized carbons (Fsp3) is 0.423. The molecule has 1 fully saturated rings. The van der Waals surface area contributed by atoms with Crippen molar-refractivity contribution >= 4 is 33.7 Å². The summed E-state index contributed by atoms with van der Waals surface area (Å²) in [6, 6.07) is 6.63. The average molecular weight is 715 g/mol. The summed E-state index contributed by atoms with van der Waals surface area (Å²) in [6.45, 7) is 4.65. The Morgan fingerprint density at radius 1 is 0.860 bits per heavy atom. The van der Waals surface area contributed by atoms with E-state index in [4.69, 9.17) is 15.0 Å². The molecule has 4 amide bonds. The molecule has 17 heteroatoms. The fourth-order valence-electron chi connectivity index (χ4n) is 3.97. The number of benzene rings is 1. The Bertz CT molecular complexity index is 1320. The van der Waals surface area contributed by atoms with Crippen molar-refractivity contribution in [1.29, 1.82) is 0 Å². The van der Waals surface area contributed by atoms with E-state index in [1.54, 1.807) is 29.2 Å². The molecule has 43 heavy (non-hydrogen) atoms. The zero-order chi connectivity index (χ0) is 31.7. The Kier molecular flexibility index (Phi) is 21.0. The topological polar surface area (TPSA) is 179 Å². The summed E-state index contributed by atoms with van der Waals surface area (Å²) in [5, 5.41) is 0. The number of nitrogens with zero attached hydrogens (tertiary/aromatic N) is 3. The van der Waals surface area contributed by atoms with E-state index < -0.39 is 52.8 Å². The van der Waals surface area contributed by atoms with E-state index in [1.807, 2.05) is 26.0 Å². The second-order valence-corrected chi connectivity index (χ2v) is 10.6. The number of barbiturate groups is 1. The van der Waals surface area contributed by atoms with E-state index in [9.17, 15) is 27.4 Å². The van der Waals surface area contributed by atoms with Crippen molar-refractivity contribution < 1.29 is 109 Å². The van der Waals surface area contributed by atoms with Gasteiger partial charge in [0.05, 0.1) is 15.8 Å². The number of rotatable bonds is 12. The van der Waals surface area contributed by atoms with Crippen LogP contribution in [-0.4, -0.2) is 66.0 Å². The van der Waals surface area contributed by atoms with Gasteiger partial charge in [0.15, 0.2) is 5.75 Å². The Balaban J connectivity index is 0.00000276. The van der Waals surface area contributed by atoms with Crippen LogP contribution >= 0.6 is 0 Å². The molecule has 224 valence electrons. The molecule has 0 spiro atoms. The molecule has 3 rings (SSSR count). The number of hydrogen-bond donors (Lipinski definition) is 0. The van der Waals surface area contributed by atoms with Crippen LogP contribution in [-0.2, 0) is 67.3 Å². The number of carbonyl (C=O) groups excluding carboxylic acids is 3. The molecule has 1 saturated heterocycles. The van der Waals surface area contributed by atoms with Crippen molar-refractivity contribution in [1.82, 2.24) is 9.80 Å². The number of urea groups is 1. The molecular formula is C26H32N3NaO10STiZn. The van der Waals surface area contributed by atoms with Crippen LogP contribution in [0.3, 0.4) is 0 Å².